The minimum Gasteiger partial charge on any atom is -0.379 e. The summed E-state index contributed by atoms with van der Waals surface area (Å²) in [6.07, 6.45) is 8.35. The Hall–Kier alpha value is -1.65. The maximum absolute atomic E-state index is 13.5. The Bertz CT molecular complexity index is 743. The smallest absolute Gasteiger partial charge is 0.253 e. The summed E-state index contributed by atoms with van der Waals surface area (Å²) in [4.78, 5) is 18.1. The third-order valence-corrected chi connectivity index (χ3v) is 7.16. The molecule has 0 N–H and O–H groups in total. The predicted octanol–water partition coefficient (Wildman–Crippen LogP) is 4.36. The second-order valence-electron chi connectivity index (χ2n) is 10.4. The number of rotatable bonds is 7. The van der Waals surface area contributed by atoms with E-state index in [0.29, 0.717) is 11.8 Å². The molecular formula is C26H38N2O2. The lowest BCUT2D eigenvalue weighted by molar-refractivity contribution is 0.0353. The first-order valence-electron chi connectivity index (χ1n) is 11.8. The molecule has 1 aliphatic heterocycles. The van der Waals surface area contributed by atoms with Crippen molar-refractivity contribution < 1.29 is 9.53 Å². The second-order valence-corrected chi connectivity index (χ2v) is 10.4. The van der Waals surface area contributed by atoms with Gasteiger partial charge in [-0.1, -0.05) is 45.1 Å². The Kier molecular flexibility index (Phi) is 6.64. The number of carbonyl (C=O) groups is 1. The number of allylic oxidation sites excluding steroid dienone is 2. The van der Waals surface area contributed by atoms with Crippen LogP contribution in [0.2, 0.25) is 0 Å². The summed E-state index contributed by atoms with van der Waals surface area (Å²) in [5.41, 5.74) is 2.21. The van der Waals surface area contributed by atoms with Crippen molar-refractivity contribution in [2.45, 2.75) is 45.4 Å². The van der Waals surface area contributed by atoms with E-state index in [0.717, 1.165) is 63.8 Å². The summed E-state index contributed by atoms with van der Waals surface area (Å²) in [6, 6.07) is 8.30. The van der Waals surface area contributed by atoms with Gasteiger partial charge in [-0.3, -0.25) is 9.69 Å². The van der Waals surface area contributed by atoms with E-state index in [9.17, 15) is 4.79 Å². The molecule has 3 aliphatic rings. The average Bonchev–Trinajstić information content (AvgIpc) is 3.36. The number of ether oxygens (including phenoxy) is 1. The topological polar surface area (TPSA) is 32.8 Å². The molecule has 3 unspecified atom stereocenters. The zero-order valence-corrected chi connectivity index (χ0v) is 19.0. The van der Waals surface area contributed by atoms with Gasteiger partial charge in [0.15, 0.2) is 0 Å². The lowest BCUT2D eigenvalue weighted by atomic mass is 9.86. The number of morpholine rings is 1. The standard InChI is InChI=1S/C26H38N2O2/c1-26(2,3)24-9-7-21(8-10-24)25(29)28(12-4-11-27-13-15-30-16-14-27)19-23-18-20-5-6-22(23)17-20/h5-10,20,22-23H,4,11-19H2,1-3H3. The van der Waals surface area contributed by atoms with E-state index in [1.165, 1.54) is 18.4 Å². The largest absolute Gasteiger partial charge is 0.379 e. The van der Waals surface area contributed by atoms with E-state index in [-0.39, 0.29) is 11.3 Å². The molecule has 1 heterocycles. The fraction of sp³-hybridized carbons (Fsp3) is 0.654. The maximum atomic E-state index is 13.5. The van der Waals surface area contributed by atoms with Gasteiger partial charge in [-0.2, -0.15) is 0 Å². The molecule has 4 rings (SSSR count). The van der Waals surface area contributed by atoms with Gasteiger partial charge in [-0.05, 0) is 60.1 Å². The van der Waals surface area contributed by atoms with Crippen LogP contribution in [0.15, 0.2) is 36.4 Å². The first-order valence-corrected chi connectivity index (χ1v) is 11.8. The van der Waals surface area contributed by atoms with Crippen molar-refractivity contribution in [2.24, 2.45) is 17.8 Å². The molecule has 30 heavy (non-hydrogen) atoms. The summed E-state index contributed by atoms with van der Waals surface area (Å²) < 4.78 is 5.46. The second kappa shape index (κ2) is 9.23. The molecule has 4 heteroatoms. The third kappa shape index (κ3) is 5.15. The minimum atomic E-state index is 0.106. The molecule has 4 nitrogen and oxygen atoms in total. The van der Waals surface area contributed by atoms with Crippen molar-refractivity contribution in [3.8, 4) is 0 Å². The fourth-order valence-corrected chi connectivity index (χ4v) is 5.27. The minimum absolute atomic E-state index is 0.106. The molecule has 1 amide bonds. The van der Waals surface area contributed by atoms with Crippen molar-refractivity contribution in [1.82, 2.24) is 9.80 Å². The maximum Gasteiger partial charge on any atom is 0.253 e. The van der Waals surface area contributed by atoms with Crippen LogP contribution in [0.5, 0.6) is 0 Å². The van der Waals surface area contributed by atoms with Gasteiger partial charge in [0.2, 0.25) is 0 Å². The van der Waals surface area contributed by atoms with Gasteiger partial charge in [0, 0.05) is 38.3 Å². The normalized spacial score (nSPS) is 26.3. The molecule has 2 bridgehead atoms. The molecule has 1 saturated carbocycles. The quantitative estimate of drug-likeness (QED) is 0.626. The van der Waals surface area contributed by atoms with E-state index in [4.69, 9.17) is 4.74 Å². The highest BCUT2D eigenvalue weighted by molar-refractivity contribution is 5.94. The molecule has 3 atom stereocenters. The zero-order chi connectivity index (χ0) is 21.1. The Balaban J connectivity index is 1.41. The summed E-state index contributed by atoms with van der Waals surface area (Å²) in [5, 5.41) is 0. The van der Waals surface area contributed by atoms with Crippen molar-refractivity contribution >= 4 is 5.91 Å². The van der Waals surface area contributed by atoms with Crippen LogP contribution < -0.4 is 0 Å². The number of hydrogen-bond donors (Lipinski definition) is 0. The molecule has 0 radical (unpaired) electrons. The molecule has 0 spiro atoms. The average molecular weight is 411 g/mol. The number of hydrogen-bond acceptors (Lipinski definition) is 3. The number of carbonyl (C=O) groups excluding carboxylic acids is 1. The van der Waals surface area contributed by atoms with Crippen LogP contribution >= 0.6 is 0 Å². The van der Waals surface area contributed by atoms with E-state index in [2.05, 4.69) is 54.9 Å². The molecule has 1 aromatic rings. The molecule has 2 fully saturated rings. The number of fused-ring (bicyclic) bond motifs is 2. The van der Waals surface area contributed by atoms with Gasteiger partial charge in [0.25, 0.3) is 5.91 Å². The summed E-state index contributed by atoms with van der Waals surface area (Å²) >= 11 is 0. The van der Waals surface area contributed by atoms with Crippen molar-refractivity contribution in [3.63, 3.8) is 0 Å². The fourth-order valence-electron chi connectivity index (χ4n) is 5.27. The molecular weight excluding hydrogens is 372 g/mol. The van der Waals surface area contributed by atoms with Crippen LogP contribution in [0, 0.1) is 17.8 Å². The zero-order valence-electron chi connectivity index (χ0n) is 19.0. The van der Waals surface area contributed by atoms with Crippen LogP contribution in [0.1, 0.15) is 56.0 Å². The lowest BCUT2D eigenvalue weighted by Gasteiger charge is -2.31. The molecule has 0 aromatic heterocycles. The van der Waals surface area contributed by atoms with Gasteiger partial charge in [0.05, 0.1) is 13.2 Å². The Labute approximate surface area is 182 Å². The van der Waals surface area contributed by atoms with E-state index in [1.807, 2.05) is 12.1 Å². The third-order valence-electron chi connectivity index (χ3n) is 7.16. The number of amides is 1. The molecule has 2 aliphatic carbocycles. The molecule has 164 valence electrons. The Morgan fingerprint density at radius 1 is 1.10 bits per heavy atom. The predicted molar refractivity (Wildman–Crippen MR) is 122 cm³/mol. The Morgan fingerprint density at radius 2 is 1.83 bits per heavy atom. The van der Waals surface area contributed by atoms with Crippen LogP contribution in [0.4, 0.5) is 0 Å². The summed E-state index contributed by atoms with van der Waals surface area (Å²) in [6.45, 7) is 13.1. The van der Waals surface area contributed by atoms with Crippen LogP contribution in [0.3, 0.4) is 0 Å². The van der Waals surface area contributed by atoms with Crippen molar-refractivity contribution in [2.75, 3.05) is 45.9 Å². The molecule has 1 aromatic carbocycles. The van der Waals surface area contributed by atoms with E-state index < -0.39 is 0 Å². The van der Waals surface area contributed by atoms with Crippen LogP contribution in [-0.2, 0) is 10.2 Å². The van der Waals surface area contributed by atoms with Gasteiger partial charge in [-0.25, -0.2) is 0 Å². The van der Waals surface area contributed by atoms with Crippen molar-refractivity contribution in [3.05, 3.63) is 47.5 Å². The SMILES string of the molecule is CC(C)(C)c1ccc(C(=O)N(CCCN2CCOCC2)CC2CC3C=CC2C3)cc1. The highest BCUT2D eigenvalue weighted by Gasteiger charge is 2.37. The number of nitrogens with zero attached hydrogens (tertiary/aromatic N) is 2. The highest BCUT2D eigenvalue weighted by atomic mass is 16.5. The summed E-state index contributed by atoms with van der Waals surface area (Å²) in [5.74, 6) is 2.24. The first kappa shape index (κ1) is 21.6. The first-order chi connectivity index (χ1) is 14.4. The Morgan fingerprint density at radius 3 is 2.43 bits per heavy atom. The summed E-state index contributed by atoms with van der Waals surface area (Å²) in [7, 11) is 0. The molecule has 1 saturated heterocycles. The van der Waals surface area contributed by atoms with Gasteiger partial charge >= 0.3 is 0 Å². The van der Waals surface area contributed by atoms with Crippen molar-refractivity contribution in [1.29, 1.82) is 0 Å². The van der Waals surface area contributed by atoms with E-state index in [1.54, 1.807) is 0 Å². The monoisotopic (exact) mass is 410 g/mol. The highest BCUT2D eigenvalue weighted by Crippen LogP contribution is 2.43. The number of benzene rings is 1. The van der Waals surface area contributed by atoms with Gasteiger partial charge < -0.3 is 9.64 Å². The van der Waals surface area contributed by atoms with Gasteiger partial charge in [-0.15, -0.1) is 0 Å². The lowest BCUT2D eigenvalue weighted by Crippen LogP contribution is -2.40. The van der Waals surface area contributed by atoms with Gasteiger partial charge in [0.1, 0.15) is 0 Å². The van der Waals surface area contributed by atoms with Crippen LogP contribution in [-0.4, -0.2) is 61.6 Å². The van der Waals surface area contributed by atoms with E-state index >= 15 is 0 Å². The van der Waals surface area contributed by atoms with Crippen LogP contribution in [0.25, 0.3) is 0 Å².